The van der Waals surface area contributed by atoms with Crippen LogP contribution >= 0.6 is 0 Å². The van der Waals surface area contributed by atoms with Gasteiger partial charge in [-0.1, -0.05) is 0 Å². The van der Waals surface area contributed by atoms with Crippen molar-refractivity contribution in [3.63, 3.8) is 0 Å². The van der Waals surface area contributed by atoms with Crippen molar-refractivity contribution in [2.75, 3.05) is 19.0 Å². The minimum Gasteiger partial charge on any atom is -0.595 e. The first-order valence-corrected chi connectivity index (χ1v) is 10.7. The molecule has 4 rings (SSSR count). The van der Waals surface area contributed by atoms with Crippen LogP contribution in [0.1, 0.15) is 27.7 Å². The first-order valence-electron chi connectivity index (χ1n) is 10.7. The molecule has 3 aliphatic rings. The number of carbonyl (C=O) groups is 2. The van der Waals surface area contributed by atoms with Gasteiger partial charge in [-0.05, 0) is 39.8 Å². The summed E-state index contributed by atoms with van der Waals surface area (Å²) >= 11 is 0. The van der Waals surface area contributed by atoms with Crippen molar-refractivity contribution in [2.24, 2.45) is 0 Å². The molecule has 1 aromatic carbocycles. The summed E-state index contributed by atoms with van der Waals surface area (Å²) in [6.07, 6.45) is -3.95. The number of hydrogen-bond acceptors (Lipinski definition) is 10. The Labute approximate surface area is 195 Å². The summed E-state index contributed by atoms with van der Waals surface area (Å²) in [6.45, 7) is 6.47. The highest BCUT2D eigenvalue weighted by molar-refractivity contribution is 5.97. The molecule has 3 fully saturated rings. The molecule has 1 aromatic rings. The standard InChI is InChI=1S/C21H29N3O10/c1-20(2)31-14-15(32-20)17-19(34-21(3,4)33-17)30-16(14)18(26)22-9-13(25)23-11-7-6-10(29-5)8-12(11)24(27)28/h6-8,14-17,19,24,27H,9H2,1-5H3,(H,22,26)(H,23,25). The molecular formula is C21H29N3O10. The van der Waals surface area contributed by atoms with Crippen LogP contribution in [0.25, 0.3) is 0 Å². The van der Waals surface area contributed by atoms with Gasteiger partial charge in [-0.2, -0.15) is 5.23 Å². The molecule has 0 saturated carbocycles. The number of benzene rings is 1. The number of hydrogen-bond donors (Lipinski definition) is 4. The predicted molar refractivity (Wildman–Crippen MR) is 113 cm³/mol. The SMILES string of the molecule is COc1ccc(NC(=O)CNC(=O)C2OC3OC(C)(C)OC3C3OC(C)(C)OC23)c([NH+]([O-])O)c1. The van der Waals surface area contributed by atoms with Crippen molar-refractivity contribution in [1.82, 2.24) is 5.32 Å². The second kappa shape index (κ2) is 9.02. The predicted octanol–water partition coefficient (Wildman–Crippen LogP) is -0.450. The van der Waals surface area contributed by atoms with E-state index in [9.17, 15) is 20.0 Å². The zero-order chi connectivity index (χ0) is 24.8. The van der Waals surface area contributed by atoms with E-state index in [0.29, 0.717) is 5.75 Å². The number of carbonyl (C=O) groups excluding carboxylic acids is 2. The number of ether oxygens (including phenoxy) is 6. The topological polar surface area (TPSA) is 161 Å². The summed E-state index contributed by atoms with van der Waals surface area (Å²) < 4.78 is 34.4. The Balaban J connectivity index is 1.41. The van der Waals surface area contributed by atoms with E-state index in [1.165, 1.54) is 25.3 Å². The summed E-state index contributed by atoms with van der Waals surface area (Å²) in [5.41, 5.74) is -0.0827. The van der Waals surface area contributed by atoms with Gasteiger partial charge in [0.2, 0.25) is 5.91 Å². The molecule has 3 heterocycles. The van der Waals surface area contributed by atoms with Crippen molar-refractivity contribution in [1.29, 1.82) is 0 Å². The van der Waals surface area contributed by atoms with E-state index >= 15 is 0 Å². The minimum absolute atomic E-state index is 0.0670. The molecular weight excluding hydrogens is 454 g/mol. The van der Waals surface area contributed by atoms with Crippen LogP contribution in [0.5, 0.6) is 5.75 Å². The molecule has 6 atom stereocenters. The Bertz CT molecular complexity index is 953. The quantitative estimate of drug-likeness (QED) is 0.390. The largest absolute Gasteiger partial charge is 0.595 e. The molecule has 13 heteroatoms. The van der Waals surface area contributed by atoms with Crippen LogP contribution in [0, 0.1) is 5.21 Å². The normalized spacial score (nSPS) is 31.8. The maximum Gasteiger partial charge on any atom is 0.252 e. The Hall–Kier alpha value is -2.36. The van der Waals surface area contributed by atoms with Crippen LogP contribution in [0.4, 0.5) is 11.4 Å². The van der Waals surface area contributed by atoms with E-state index in [0.717, 1.165) is 0 Å². The highest BCUT2D eigenvalue weighted by atomic mass is 16.9. The zero-order valence-corrected chi connectivity index (χ0v) is 19.4. The number of quaternary nitrogens is 1. The van der Waals surface area contributed by atoms with E-state index in [4.69, 9.17) is 28.4 Å². The van der Waals surface area contributed by atoms with Gasteiger partial charge < -0.3 is 44.3 Å². The molecule has 4 N–H and O–H groups in total. The summed E-state index contributed by atoms with van der Waals surface area (Å²) in [6, 6.07) is 4.20. The van der Waals surface area contributed by atoms with Gasteiger partial charge in [-0.15, -0.1) is 0 Å². The van der Waals surface area contributed by atoms with Crippen molar-refractivity contribution in [3.8, 4) is 5.75 Å². The number of nitrogens with one attached hydrogen (secondary N) is 3. The molecule has 188 valence electrons. The van der Waals surface area contributed by atoms with Gasteiger partial charge in [0.05, 0.1) is 13.7 Å². The molecule has 0 bridgehead atoms. The summed E-state index contributed by atoms with van der Waals surface area (Å²) in [4.78, 5) is 25.4. The smallest absolute Gasteiger partial charge is 0.252 e. The van der Waals surface area contributed by atoms with E-state index in [1.54, 1.807) is 27.7 Å². The highest BCUT2D eigenvalue weighted by Gasteiger charge is 2.62. The molecule has 2 amide bonds. The van der Waals surface area contributed by atoms with Crippen molar-refractivity contribution in [2.45, 2.75) is 70.0 Å². The molecule has 6 unspecified atom stereocenters. The van der Waals surface area contributed by atoms with Gasteiger partial charge in [-0.3, -0.25) is 9.59 Å². The molecule has 0 radical (unpaired) electrons. The van der Waals surface area contributed by atoms with E-state index < -0.39 is 65.9 Å². The van der Waals surface area contributed by atoms with Gasteiger partial charge in [0, 0.05) is 6.07 Å². The molecule has 3 aliphatic heterocycles. The summed E-state index contributed by atoms with van der Waals surface area (Å²) in [5.74, 6) is -2.81. The third-order valence-electron chi connectivity index (χ3n) is 5.57. The van der Waals surface area contributed by atoms with Gasteiger partial charge in [0.25, 0.3) is 5.91 Å². The maximum absolute atomic E-state index is 13.0. The lowest BCUT2D eigenvalue weighted by Gasteiger charge is -2.36. The maximum atomic E-state index is 13.0. The number of rotatable bonds is 6. The molecule has 13 nitrogen and oxygen atoms in total. The summed E-state index contributed by atoms with van der Waals surface area (Å²) in [5, 5.41) is 24.6. The third kappa shape index (κ3) is 5.01. The van der Waals surface area contributed by atoms with Gasteiger partial charge in [0.1, 0.15) is 29.7 Å². The van der Waals surface area contributed by atoms with Crippen LogP contribution < -0.4 is 20.6 Å². The number of fused-ring (bicyclic) bond motifs is 3. The molecule has 0 spiro atoms. The van der Waals surface area contributed by atoms with Crippen LogP contribution in [-0.4, -0.2) is 73.0 Å². The van der Waals surface area contributed by atoms with E-state index in [2.05, 4.69) is 10.6 Å². The van der Waals surface area contributed by atoms with Gasteiger partial charge in [-0.25, -0.2) is 5.21 Å². The lowest BCUT2D eigenvalue weighted by Crippen LogP contribution is -2.99. The first-order chi connectivity index (χ1) is 15.9. The van der Waals surface area contributed by atoms with E-state index in [-0.39, 0.29) is 11.4 Å². The number of anilines is 1. The average Bonchev–Trinajstić information content (AvgIpc) is 3.25. The number of amides is 2. The lowest BCUT2D eigenvalue weighted by atomic mass is 9.98. The Morgan fingerprint density at radius 3 is 2.41 bits per heavy atom. The van der Waals surface area contributed by atoms with Crippen molar-refractivity contribution < 1.29 is 48.4 Å². The van der Waals surface area contributed by atoms with Crippen LogP contribution in [0.3, 0.4) is 0 Å². The van der Waals surface area contributed by atoms with Crippen molar-refractivity contribution in [3.05, 3.63) is 23.4 Å². The van der Waals surface area contributed by atoms with Gasteiger partial charge in [0.15, 0.2) is 29.7 Å². The highest BCUT2D eigenvalue weighted by Crippen LogP contribution is 2.44. The van der Waals surface area contributed by atoms with Crippen LogP contribution in [0.2, 0.25) is 0 Å². The van der Waals surface area contributed by atoms with Crippen LogP contribution in [-0.2, 0) is 33.3 Å². The molecule has 0 aliphatic carbocycles. The second-order valence-electron chi connectivity index (χ2n) is 9.07. The Morgan fingerprint density at radius 1 is 1.09 bits per heavy atom. The Kier molecular flexibility index (Phi) is 6.56. The van der Waals surface area contributed by atoms with E-state index in [1.807, 2.05) is 0 Å². The number of methoxy groups -OCH3 is 1. The molecule has 34 heavy (non-hydrogen) atoms. The average molecular weight is 483 g/mol. The lowest BCUT2D eigenvalue weighted by molar-refractivity contribution is -0.990. The monoisotopic (exact) mass is 483 g/mol. The molecule has 3 saturated heterocycles. The van der Waals surface area contributed by atoms with Crippen molar-refractivity contribution >= 4 is 23.2 Å². The first kappa shape index (κ1) is 24.8. The second-order valence-corrected chi connectivity index (χ2v) is 9.07. The Morgan fingerprint density at radius 2 is 1.74 bits per heavy atom. The fourth-order valence-electron chi connectivity index (χ4n) is 4.22. The van der Waals surface area contributed by atoms with Crippen LogP contribution in [0.15, 0.2) is 18.2 Å². The molecule has 0 aromatic heterocycles. The third-order valence-corrected chi connectivity index (χ3v) is 5.57. The zero-order valence-electron chi connectivity index (χ0n) is 19.4. The minimum atomic E-state index is -1.24. The fraction of sp³-hybridized carbons (Fsp3) is 0.619. The fourth-order valence-corrected chi connectivity index (χ4v) is 4.22. The summed E-state index contributed by atoms with van der Waals surface area (Å²) in [7, 11) is 1.40. The van der Waals surface area contributed by atoms with Gasteiger partial charge >= 0.3 is 0 Å².